The summed E-state index contributed by atoms with van der Waals surface area (Å²) in [4.78, 5) is 23.7. The van der Waals surface area contributed by atoms with Crippen LogP contribution in [-0.2, 0) is 9.53 Å². The standard InChI is InChI=1S/C19H15F2NO4/c1-11(16-9-12-5-2-3-8-15(12)26-16)22-17(23)10-25-19(24)18-13(20)6-4-7-14(18)21/h2-9,11H,10H2,1H3,(H,22,23)/t11-/m0/s1. The van der Waals surface area contributed by atoms with Crippen molar-refractivity contribution in [1.82, 2.24) is 5.32 Å². The molecule has 134 valence electrons. The monoisotopic (exact) mass is 359 g/mol. The van der Waals surface area contributed by atoms with Gasteiger partial charge in [-0.3, -0.25) is 4.79 Å². The molecule has 1 amide bonds. The summed E-state index contributed by atoms with van der Waals surface area (Å²) in [6, 6.07) is 11.7. The van der Waals surface area contributed by atoms with Gasteiger partial charge in [0.2, 0.25) is 0 Å². The number of para-hydroxylation sites is 1. The Hall–Kier alpha value is -3.22. The van der Waals surface area contributed by atoms with Crippen molar-refractivity contribution in [1.29, 1.82) is 0 Å². The molecule has 0 aliphatic rings. The molecule has 1 N–H and O–H groups in total. The number of carbonyl (C=O) groups is 2. The molecule has 0 radical (unpaired) electrons. The predicted molar refractivity (Wildman–Crippen MR) is 89.4 cm³/mol. The molecule has 1 heterocycles. The van der Waals surface area contributed by atoms with Crippen molar-refractivity contribution < 1.29 is 27.5 Å². The van der Waals surface area contributed by atoms with E-state index in [9.17, 15) is 18.4 Å². The Labute approximate surface area is 147 Å². The van der Waals surface area contributed by atoms with Gasteiger partial charge in [-0.15, -0.1) is 0 Å². The van der Waals surface area contributed by atoms with Gasteiger partial charge in [-0.25, -0.2) is 13.6 Å². The number of amides is 1. The van der Waals surface area contributed by atoms with Gasteiger partial charge < -0.3 is 14.5 Å². The zero-order valence-corrected chi connectivity index (χ0v) is 13.8. The smallest absolute Gasteiger partial charge is 0.344 e. The molecular formula is C19H15F2NO4. The van der Waals surface area contributed by atoms with E-state index in [4.69, 9.17) is 4.42 Å². The Balaban J connectivity index is 1.59. The topological polar surface area (TPSA) is 68.5 Å². The van der Waals surface area contributed by atoms with Crippen LogP contribution in [0.3, 0.4) is 0 Å². The van der Waals surface area contributed by atoms with Crippen LogP contribution in [0, 0.1) is 11.6 Å². The SMILES string of the molecule is C[C@H](NC(=O)COC(=O)c1c(F)cccc1F)c1cc2ccccc2o1. The molecule has 0 aliphatic heterocycles. The lowest BCUT2D eigenvalue weighted by atomic mass is 10.2. The largest absolute Gasteiger partial charge is 0.459 e. The van der Waals surface area contributed by atoms with Gasteiger partial charge in [-0.1, -0.05) is 24.3 Å². The number of esters is 1. The third kappa shape index (κ3) is 3.72. The molecule has 0 fully saturated rings. The number of fused-ring (bicyclic) bond motifs is 1. The zero-order valence-electron chi connectivity index (χ0n) is 13.8. The minimum atomic E-state index is -1.24. The number of hydrogen-bond donors (Lipinski definition) is 1. The summed E-state index contributed by atoms with van der Waals surface area (Å²) >= 11 is 0. The fraction of sp³-hybridized carbons (Fsp3) is 0.158. The summed E-state index contributed by atoms with van der Waals surface area (Å²) in [5, 5.41) is 3.49. The summed E-state index contributed by atoms with van der Waals surface area (Å²) in [5.74, 6) is -3.43. The van der Waals surface area contributed by atoms with E-state index in [1.54, 1.807) is 19.1 Å². The van der Waals surface area contributed by atoms with E-state index in [1.807, 2.05) is 18.2 Å². The molecule has 0 saturated heterocycles. The van der Waals surface area contributed by atoms with Gasteiger partial charge in [0.05, 0.1) is 6.04 Å². The maximum Gasteiger partial charge on any atom is 0.344 e. The molecule has 0 saturated carbocycles. The van der Waals surface area contributed by atoms with Crippen molar-refractivity contribution >= 4 is 22.8 Å². The van der Waals surface area contributed by atoms with Crippen LogP contribution in [0.2, 0.25) is 0 Å². The first-order chi connectivity index (χ1) is 12.5. The molecule has 0 bridgehead atoms. The molecule has 7 heteroatoms. The average molecular weight is 359 g/mol. The van der Waals surface area contributed by atoms with Crippen LogP contribution < -0.4 is 5.32 Å². The molecule has 3 rings (SSSR count). The van der Waals surface area contributed by atoms with Crippen LogP contribution in [-0.4, -0.2) is 18.5 Å². The molecule has 0 unspecified atom stereocenters. The van der Waals surface area contributed by atoms with E-state index in [-0.39, 0.29) is 0 Å². The Kier molecular flexibility index (Phi) is 4.97. The van der Waals surface area contributed by atoms with Gasteiger partial charge in [0.1, 0.15) is 28.5 Å². The van der Waals surface area contributed by atoms with Crippen molar-refractivity contribution in [2.75, 3.05) is 6.61 Å². The molecule has 0 aliphatic carbocycles. The number of ether oxygens (including phenoxy) is 1. The first-order valence-corrected chi connectivity index (χ1v) is 7.84. The second-order valence-electron chi connectivity index (χ2n) is 5.65. The molecule has 5 nitrogen and oxygen atoms in total. The Morgan fingerprint density at radius 3 is 2.50 bits per heavy atom. The quantitative estimate of drug-likeness (QED) is 0.705. The van der Waals surface area contributed by atoms with Crippen LogP contribution in [0.4, 0.5) is 8.78 Å². The minimum absolute atomic E-state index is 0.473. The van der Waals surface area contributed by atoms with Crippen LogP contribution >= 0.6 is 0 Å². The third-order valence-corrected chi connectivity index (χ3v) is 3.75. The van der Waals surface area contributed by atoms with E-state index in [2.05, 4.69) is 10.1 Å². The van der Waals surface area contributed by atoms with Crippen LogP contribution in [0.25, 0.3) is 11.0 Å². The second-order valence-corrected chi connectivity index (χ2v) is 5.65. The normalized spacial score (nSPS) is 12.0. The average Bonchev–Trinajstić information content (AvgIpc) is 3.04. The highest BCUT2D eigenvalue weighted by atomic mass is 19.1. The van der Waals surface area contributed by atoms with Crippen molar-refractivity contribution in [2.45, 2.75) is 13.0 Å². The highest BCUT2D eigenvalue weighted by molar-refractivity contribution is 5.91. The van der Waals surface area contributed by atoms with Crippen molar-refractivity contribution in [2.24, 2.45) is 0 Å². The van der Waals surface area contributed by atoms with Gasteiger partial charge >= 0.3 is 5.97 Å². The summed E-state index contributed by atoms with van der Waals surface area (Å²) in [6.07, 6.45) is 0. The number of rotatable bonds is 5. The lowest BCUT2D eigenvalue weighted by molar-refractivity contribution is -0.125. The molecule has 0 spiro atoms. The number of carbonyl (C=O) groups excluding carboxylic acids is 2. The predicted octanol–water partition coefficient (Wildman–Crippen LogP) is 3.75. The molecule has 2 aromatic carbocycles. The van der Waals surface area contributed by atoms with Crippen molar-refractivity contribution in [3.63, 3.8) is 0 Å². The number of benzene rings is 2. The molecule has 1 aromatic heterocycles. The van der Waals surface area contributed by atoms with E-state index in [0.717, 1.165) is 23.6 Å². The van der Waals surface area contributed by atoms with Crippen LogP contribution in [0.15, 0.2) is 52.9 Å². The van der Waals surface area contributed by atoms with Crippen LogP contribution in [0.5, 0.6) is 0 Å². The maximum atomic E-state index is 13.5. The fourth-order valence-electron chi connectivity index (χ4n) is 2.47. The van der Waals surface area contributed by atoms with E-state index in [1.165, 1.54) is 0 Å². The second kappa shape index (κ2) is 7.35. The van der Waals surface area contributed by atoms with Crippen molar-refractivity contribution in [3.05, 3.63) is 71.5 Å². The molecular weight excluding hydrogens is 344 g/mol. The Bertz CT molecular complexity index is 914. The number of nitrogens with one attached hydrogen (secondary N) is 1. The molecule has 1 atom stereocenters. The minimum Gasteiger partial charge on any atom is -0.459 e. The summed E-state index contributed by atoms with van der Waals surface area (Å²) < 4.78 is 37.3. The van der Waals surface area contributed by atoms with E-state index < -0.39 is 41.7 Å². The van der Waals surface area contributed by atoms with Crippen molar-refractivity contribution in [3.8, 4) is 0 Å². The van der Waals surface area contributed by atoms with E-state index in [0.29, 0.717) is 11.3 Å². The Morgan fingerprint density at radius 1 is 1.12 bits per heavy atom. The number of furan rings is 1. The lowest BCUT2D eigenvalue weighted by Gasteiger charge is -2.12. The van der Waals surface area contributed by atoms with Gasteiger partial charge in [-0.2, -0.15) is 0 Å². The third-order valence-electron chi connectivity index (χ3n) is 3.75. The number of halogens is 2. The maximum absolute atomic E-state index is 13.5. The molecule has 26 heavy (non-hydrogen) atoms. The highest BCUT2D eigenvalue weighted by Crippen LogP contribution is 2.23. The number of hydrogen-bond acceptors (Lipinski definition) is 4. The van der Waals surface area contributed by atoms with Gasteiger partial charge in [0.25, 0.3) is 5.91 Å². The highest BCUT2D eigenvalue weighted by Gasteiger charge is 2.20. The fourth-order valence-corrected chi connectivity index (χ4v) is 2.47. The van der Waals surface area contributed by atoms with Gasteiger partial charge in [0, 0.05) is 5.39 Å². The summed E-state index contributed by atoms with van der Waals surface area (Å²) in [7, 11) is 0. The zero-order chi connectivity index (χ0) is 18.7. The van der Waals surface area contributed by atoms with Gasteiger partial charge in [-0.05, 0) is 31.2 Å². The summed E-state index contributed by atoms with van der Waals surface area (Å²) in [6.45, 7) is 1.03. The first-order valence-electron chi connectivity index (χ1n) is 7.84. The lowest BCUT2D eigenvalue weighted by Crippen LogP contribution is -2.31. The van der Waals surface area contributed by atoms with E-state index >= 15 is 0 Å². The van der Waals surface area contributed by atoms with Gasteiger partial charge in [0.15, 0.2) is 6.61 Å². The Morgan fingerprint density at radius 2 is 1.81 bits per heavy atom. The van der Waals surface area contributed by atoms with Crippen LogP contribution in [0.1, 0.15) is 29.1 Å². The summed E-state index contributed by atoms with van der Waals surface area (Å²) in [5.41, 5.74) is -0.143. The molecule has 3 aromatic rings. The first kappa shape index (κ1) is 17.6.